The first-order valence-electron chi connectivity index (χ1n) is 7.49. The molecule has 106 valence electrons. The third kappa shape index (κ3) is 1.96. The van der Waals surface area contributed by atoms with Crippen molar-refractivity contribution in [3.05, 3.63) is 59.5 Å². The number of fused-ring (bicyclic) bond motifs is 2. The molecular weight excluding hydrogens is 260 g/mol. The zero-order chi connectivity index (χ0) is 14.4. The molecule has 2 aromatic heterocycles. The molecule has 0 radical (unpaired) electrons. The summed E-state index contributed by atoms with van der Waals surface area (Å²) in [4.78, 5) is 4.72. The molecule has 1 aliphatic carbocycles. The summed E-state index contributed by atoms with van der Waals surface area (Å²) in [7, 11) is 0. The van der Waals surface area contributed by atoms with Crippen LogP contribution in [0, 0.1) is 6.92 Å². The molecule has 0 saturated heterocycles. The summed E-state index contributed by atoms with van der Waals surface area (Å²) >= 11 is 0. The molecule has 0 bridgehead atoms. The fourth-order valence-electron chi connectivity index (χ4n) is 3.32. The van der Waals surface area contributed by atoms with E-state index in [1.165, 1.54) is 5.69 Å². The average Bonchev–Trinajstić information content (AvgIpc) is 2.92. The number of para-hydroxylation sites is 1. The molecular formula is C18H18N2O. The maximum absolute atomic E-state index is 10.2. The Bertz CT molecular complexity index is 819. The molecule has 1 N–H and O–H groups in total. The lowest BCUT2D eigenvalue weighted by Gasteiger charge is -2.20. The van der Waals surface area contributed by atoms with Crippen molar-refractivity contribution < 1.29 is 5.11 Å². The molecule has 4 rings (SSSR count). The first-order valence-corrected chi connectivity index (χ1v) is 7.49. The molecule has 0 saturated carbocycles. The lowest BCUT2D eigenvalue weighted by atomic mass is 9.95. The predicted octanol–water partition coefficient (Wildman–Crippen LogP) is 3.70. The maximum Gasteiger partial charge on any atom is 0.0945 e. The minimum Gasteiger partial charge on any atom is -0.388 e. The van der Waals surface area contributed by atoms with Gasteiger partial charge in [0.15, 0.2) is 0 Å². The van der Waals surface area contributed by atoms with E-state index >= 15 is 0 Å². The van der Waals surface area contributed by atoms with Gasteiger partial charge < -0.3 is 9.67 Å². The van der Waals surface area contributed by atoms with Crippen molar-refractivity contribution in [3.63, 3.8) is 0 Å². The van der Waals surface area contributed by atoms with Crippen molar-refractivity contribution in [1.29, 1.82) is 0 Å². The van der Waals surface area contributed by atoms with Gasteiger partial charge >= 0.3 is 0 Å². The average molecular weight is 278 g/mol. The molecule has 0 fully saturated rings. The van der Waals surface area contributed by atoms with Gasteiger partial charge in [-0.25, -0.2) is 0 Å². The van der Waals surface area contributed by atoms with E-state index in [2.05, 4.69) is 35.0 Å². The third-order valence-corrected chi connectivity index (χ3v) is 4.38. The van der Waals surface area contributed by atoms with Gasteiger partial charge in [-0.2, -0.15) is 0 Å². The number of benzene rings is 1. The quantitative estimate of drug-likeness (QED) is 0.737. The summed E-state index contributed by atoms with van der Waals surface area (Å²) in [6, 6.07) is 12.5. The highest BCUT2D eigenvalue weighted by Gasteiger charge is 2.22. The number of pyridine rings is 1. The molecule has 1 atom stereocenters. The standard InChI is InChI=1S/C18H18N2O/c1-12-8-9-13-4-2-6-16(18(13)19-12)20-11-10-14-15(20)5-3-7-17(14)21/h2,4,6,8-11,17,21H,3,5,7H2,1H3. The van der Waals surface area contributed by atoms with Gasteiger partial charge in [-0.1, -0.05) is 18.2 Å². The van der Waals surface area contributed by atoms with Crippen LogP contribution in [0.25, 0.3) is 16.6 Å². The van der Waals surface area contributed by atoms with Crippen LogP contribution in [-0.4, -0.2) is 14.7 Å². The SMILES string of the molecule is Cc1ccc2cccc(-n3ccc4c3CCCC4O)c2n1. The summed E-state index contributed by atoms with van der Waals surface area (Å²) in [6.07, 6.45) is 4.67. The van der Waals surface area contributed by atoms with Crippen molar-refractivity contribution in [2.75, 3.05) is 0 Å². The first kappa shape index (κ1) is 12.6. The van der Waals surface area contributed by atoms with Crippen LogP contribution in [0.15, 0.2) is 42.6 Å². The molecule has 1 aromatic carbocycles. The Morgan fingerprint density at radius 2 is 2.10 bits per heavy atom. The number of aromatic nitrogens is 2. The smallest absolute Gasteiger partial charge is 0.0945 e. The second-order valence-electron chi connectivity index (χ2n) is 5.80. The first-order chi connectivity index (χ1) is 10.2. The Morgan fingerprint density at radius 1 is 1.19 bits per heavy atom. The van der Waals surface area contributed by atoms with Crippen molar-refractivity contribution >= 4 is 10.9 Å². The van der Waals surface area contributed by atoms with Crippen molar-refractivity contribution in [3.8, 4) is 5.69 Å². The number of aliphatic hydroxyl groups is 1. The van der Waals surface area contributed by atoms with Crippen LogP contribution in [0.2, 0.25) is 0 Å². The van der Waals surface area contributed by atoms with E-state index in [1.807, 2.05) is 19.1 Å². The highest BCUT2D eigenvalue weighted by atomic mass is 16.3. The van der Waals surface area contributed by atoms with Crippen molar-refractivity contribution in [1.82, 2.24) is 9.55 Å². The molecule has 0 amide bonds. The second kappa shape index (κ2) is 4.71. The largest absolute Gasteiger partial charge is 0.388 e. The topological polar surface area (TPSA) is 38.0 Å². The summed E-state index contributed by atoms with van der Waals surface area (Å²) in [5, 5.41) is 11.3. The van der Waals surface area contributed by atoms with E-state index in [-0.39, 0.29) is 6.10 Å². The molecule has 2 heterocycles. The summed E-state index contributed by atoms with van der Waals surface area (Å²) < 4.78 is 2.20. The van der Waals surface area contributed by atoms with Crippen LogP contribution in [0.3, 0.4) is 0 Å². The Morgan fingerprint density at radius 3 is 3.00 bits per heavy atom. The van der Waals surface area contributed by atoms with Gasteiger partial charge in [0, 0.05) is 28.5 Å². The maximum atomic E-state index is 10.2. The van der Waals surface area contributed by atoms with Crippen LogP contribution in [0.5, 0.6) is 0 Å². The van der Waals surface area contributed by atoms with Crippen molar-refractivity contribution in [2.24, 2.45) is 0 Å². The monoisotopic (exact) mass is 278 g/mol. The highest BCUT2D eigenvalue weighted by Crippen LogP contribution is 2.33. The van der Waals surface area contributed by atoms with Crippen LogP contribution >= 0.6 is 0 Å². The molecule has 3 aromatic rings. The molecule has 1 aliphatic rings. The second-order valence-corrected chi connectivity index (χ2v) is 5.80. The van der Waals surface area contributed by atoms with Crippen molar-refractivity contribution in [2.45, 2.75) is 32.3 Å². The van der Waals surface area contributed by atoms with Crippen LogP contribution in [0.1, 0.15) is 35.9 Å². The van der Waals surface area contributed by atoms with E-state index in [0.717, 1.165) is 47.1 Å². The number of hydrogen-bond donors (Lipinski definition) is 1. The van der Waals surface area contributed by atoms with Gasteiger partial charge in [-0.3, -0.25) is 4.98 Å². The highest BCUT2D eigenvalue weighted by molar-refractivity contribution is 5.86. The summed E-state index contributed by atoms with van der Waals surface area (Å²) in [6.45, 7) is 2.02. The zero-order valence-electron chi connectivity index (χ0n) is 12.1. The third-order valence-electron chi connectivity index (χ3n) is 4.38. The lowest BCUT2D eigenvalue weighted by molar-refractivity contribution is 0.156. The van der Waals surface area contributed by atoms with E-state index < -0.39 is 0 Å². The fraction of sp³-hybridized carbons (Fsp3) is 0.278. The Labute approximate surface area is 123 Å². The molecule has 0 aliphatic heterocycles. The van der Waals surface area contributed by atoms with Gasteiger partial charge in [0.1, 0.15) is 0 Å². The number of rotatable bonds is 1. The van der Waals surface area contributed by atoms with Crippen LogP contribution < -0.4 is 0 Å². The Hall–Kier alpha value is -2.13. The Balaban J connectivity index is 1.97. The minimum absolute atomic E-state index is 0.320. The fourth-order valence-corrected chi connectivity index (χ4v) is 3.32. The molecule has 1 unspecified atom stereocenters. The number of nitrogens with zero attached hydrogens (tertiary/aromatic N) is 2. The lowest BCUT2D eigenvalue weighted by Crippen LogP contribution is -2.11. The van der Waals surface area contributed by atoms with Crippen LogP contribution in [0.4, 0.5) is 0 Å². The van der Waals surface area contributed by atoms with Gasteiger partial charge in [0.2, 0.25) is 0 Å². The van der Waals surface area contributed by atoms with E-state index in [9.17, 15) is 5.11 Å². The van der Waals surface area contributed by atoms with Gasteiger partial charge in [-0.15, -0.1) is 0 Å². The summed E-state index contributed by atoms with van der Waals surface area (Å²) in [5.41, 5.74) is 5.45. The normalized spacial score (nSPS) is 17.9. The number of hydrogen-bond acceptors (Lipinski definition) is 2. The molecule has 3 heteroatoms. The van der Waals surface area contributed by atoms with Crippen LogP contribution in [-0.2, 0) is 6.42 Å². The minimum atomic E-state index is -0.320. The number of aliphatic hydroxyl groups excluding tert-OH is 1. The predicted molar refractivity (Wildman–Crippen MR) is 83.7 cm³/mol. The molecule has 3 nitrogen and oxygen atoms in total. The molecule has 21 heavy (non-hydrogen) atoms. The van der Waals surface area contributed by atoms with Gasteiger partial charge in [0.05, 0.1) is 17.3 Å². The summed E-state index contributed by atoms with van der Waals surface area (Å²) in [5.74, 6) is 0. The zero-order valence-corrected chi connectivity index (χ0v) is 12.1. The van der Waals surface area contributed by atoms with E-state index in [0.29, 0.717) is 0 Å². The molecule has 0 spiro atoms. The van der Waals surface area contributed by atoms with Gasteiger partial charge in [0.25, 0.3) is 0 Å². The van der Waals surface area contributed by atoms with E-state index in [1.54, 1.807) is 0 Å². The Kier molecular flexibility index (Phi) is 2.82. The number of aryl methyl sites for hydroxylation is 1. The van der Waals surface area contributed by atoms with Gasteiger partial charge in [-0.05, 0) is 44.4 Å². The van der Waals surface area contributed by atoms with E-state index in [4.69, 9.17) is 4.98 Å².